The Kier molecular flexibility index (Phi) is 5.77. The van der Waals surface area contributed by atoms with Crippen molar-refractivity contribution in [2.24, 2.45) is 11.8 Å². The normalized spacial score (nSPS) is 17.0. The first-order valence-electron chi connectivity index (χ1n) is 8.00. The molecule has 2 rings (SSSR count). The van der Waals surface area contributed by atoms with Crippen molar-refractivity contribution in [2.45, 2.75) is 45.6 Å². The molecule has 1 aliphatic carbocycles. The molecule has 1 fully saturated rings. The van der Waals surface area contributed by atoms with Crippen LogP contribution in [0, 0.1) is 17.7 Å². The molecule has 118 valence electrons. The Morgan fingerprint density at radius 2 is 2.00 bits per heavy atom. The predicted molar refractivity (Wildman–Crippen MR) is 84.9 cm³/mol. The highest BCUT2D eigenvalue weighted by molar-refractivity contribution is 5.17. The maximum absolute atomic E-state index is 13.8. The number of ether oxygens (including phenoxy) is 1. The molecule has 1 aromatic rings. The van der Waals surface area contributed by atoms with E-state index in [1.54, 1.807) is 6.07 Å². The Labute approximate surface area is 128 Å². The van der Waals surface area contributed by atoms with Crippen molar-refractivity contribution in [3.05, 3.63) is 35.6 Å². The van der Waals surface area contributed by atoms with Crippen LogP contribution in [0.15, 0.2) is 24.3 Å². The van der Waals surface area contributed by atoms with E-state index >= 15 is 0 Å². The molecule has 0 radical (unpaired) electrons. The van der Waals surface area contributed by atoms with Crippen LogP contribution in [0.4, 0.5) is 4.39 Å². The Bertz CT molecular complexity index is 437. The summed E-state index contributed by atoms with van der Waals surface area (Å²) in [5.74, 6) is 0.968. The minimum absolute atomic E-state index is 0.0734. The number of benzene rings is 1. The van der Waals surface area contributed by atoms with Crippen LogP contribution in [0.3, 0.4) is 0 Å². The van der Waals surface area contributed by atoms with Crippen LogP contribution in [0.2, 0.25) is 0 Å². The van der Waals surface area contributed by atoms with Crippen molar-refractivity contribution in [3.8, 4) is 0 Å². The van der Waals surface area contributed by atoms with Crippen molar-refractivity contribution in [2.75, 3.05) is 19.8 Å². The molecule has 0 saturated heterocycles. The highest BCUT2D eigenvalue weighted by Crippen LogP contribution is 2.29. The van der Waals surface area contributed by atoms with Gasteiger partial charge >= 0.3 is 0 Å². The zero-order valence-corrected chi connectivity index (χ0v) is 13.5. The molecule has 1 N–H and O–H groups in total. The van der Waals surface area contributed by atoms with Crippen molar-refractivity contribution in [1.29, 1.82) is 0 Å². The third-order valence-corrected chi connectivity index (χ3v) is 3.79. The van der Waals surface area contributed by atoms with Gasteiger partial charge in [0.2, 0.25) is 0 Å². The topological polar surface area (TPSA) is 21.3 Å². The van der Waals surface area contributed by atoms with Gasteiger partial charge in [0, 0.05) is 18.7 Å². The molecule has 1 saturated carbocycles. The summed E-state index contributed by atoms with van der Waals surface area (Å²) in [6, 6.07) is 7.05. The quantitative estimate of drug-likeness (QED) is 0.787. The number of rotatable bonds is 8. The highest BCUT2D eigenvalue weighted by Gasteiger charge is 2.22. The standard InChI is InChI=1S/C18H28FNO/c1-18(2,3)20-11-15(13-21-12-14-8-9-14)10-16-6-4-5-7-17(16)19/h4-7,14-15,20H,8-13H2,1-3H3. The van der Waals surface area contributed by atoms with Gasteiger partial charge in [-0.25, -0.2) is 4.39 Å². The minimum Gasteiger partial charge on any atom is -0.381 e. The Balaban J connectivity index is 1.87. The van der Waals surface area contributed by atoms with E-state index in [9.17, 15) is 4.39 Å². The smallest absolute Gasteiger partial charge is 0.126 e. The third kappa shape index (κ3) is 6.58. The average Bonchev–Trinajstić information content (AvgIpc) is 3.21. The molecule has 1 aliphatic rings. The molecule has 0 heterocycles. The lowest BCUT2D eigenvalue weighted by atomic mass is 9.98. The maximum atomic E-state index is 13.8. The number of halogens is 1. The van der Waals surface area contributed by atoms with E-state index in [0.29, 0.717) is 12.5 Å². The number of nitrogens with one attached hydrogen (secondary N) is 1. The van der Waals surface area contributed by atoms with Gasteiger partial charge in [-0.3, -0.25) is 0 Å². The summed E-state index contributed by atoms with van der Waals surface area (Å²) in [5, 5.41) is 3.51. The van der Waals surface area contributed by atoms with Gasteiger partial charge in [-0.05, 0) is 63.5 Å². The van der Waals surface area contributed by atoms with Crippen LogP contribution in [0.5, 0.6) is 0 Å². The van der Waals surface area contributed by atoms with Crippen LogP contribution in [0.25, 0.3) is 0 Å². The molecule has 0 spiro atoms. The van der Waals surface area contributed by atoms with Crippen molar-refractivity contribution in [3.63, 3.8) is 0 Å². The van der Waals surface area contributed by atoms with E-state index in [-0.39, 0.29) is 11.4 Å². The second kappa shape index (κ2) is 7.37. The van der Waals surface area contributed by atoms with Crippen molar-refractivity contribution < 1.29 is 9.13 Å². The summed E-state index contributed by atoms with van der Waals surface area (Å²) in [7, 11) is 0. The molecule has 0 bridgehead atoms. The molecular formula is C18H28FNO. The lowest BCUT2D eigenvalue weighted by molar-refractivity contribution is 0.0882. The predicted octanol–water partition coefficient (Wildman–Crippen LogP) is 3.80. The fourth-order valence-corrected chi connectivity index (χ4v) is 2.30. The first-order chi connectivity index (χ1) is 9.94. The molecule has 0 aromatic heterocycles. The van der Waals surface area contributed by atoms with Crippen LogP contribution in [-0.4, -0.2) is 25.3 Å². The lowest BCUT2D eigenvalue weighted by Crippen LogP contribution is -2.40. The van der Waals surface area contributed by atoms with Crippen LogP contribution in [0.1, 0.15) is 39.2 Å². The molecule has 1 unspecified atom stereocenters. The van der Waals surface area contributed by atoms with Crippen LogP contribution < -0.4 is 5.32 Å². The second-order valence-electron chi connectivity index (χ2n) is 7.27. The van der Waals surface area contributed by atoms with Crippen LogP contribution in [-0.2, 0) is 11.2 Å². The van der Waals surface area contributed by atoms with E-state index in [1.165, 1.54) is 18.9 Å². The minimum atomic E-state index is -0.111. The van der Waals surface area contributed by atoms with E-state index < -0.39 is 0 Å². The van der Waals surface area contributed by atoms with Gasteiger partial charge in [-0.2, -0.15) is 0 Å². The van der Waals surface area contributed by atoms with Gasteiger partial charge in [-0.1, -0.05) is 18.2 Å². The molecule has 2 nitrogen and oxygen atoms in total. The van der Waals surface area contributed by atoms with Gasteiger partial charge in [0.25, 0.3) is 0 Å². The zero-order chi connectivity index (χ0) is 15.3. The summed E-state index contributed by atoms with van der Waals surface area (Å²) >= 11 is 0. The van der Waals surface area contributed by atoms with E-state index in [4.69, 9.17) is 4.74 Å². The number of hydrogen-bond donors (Lipinski definition) is 1. The fourth-order valence-electron chi connectivity index (χ4n) is 2.30. The van der Waals surface area contributed by atoms with Crippen molar-refractivity contribution >= 4 is 0 Å². The summed E-state index contributed by atoms with van der Waals surface area (Å²) in [4.78, 5) is 0. The van der Waals surface area contributed by atoms with Gasteiger partial charge in [0.1, 0.15) is 5.82 Å². The largest absolute Gasteiger partial charge is 0.381 e. The Morgan fingerprint density at radius 3 is 2.62 bits per heavy atom. The van der Waals surface area contributed by atoms with Crippen LogP contribution >= 0.6 is 0 Å². The van der Waals surface area contributed by atoms with E-state index in [0.717, 1.165) is 31.1 Å². The van der Waals surface area contributed by atoms with Gasteiger partial charge in [0.15, 0.2) is 0 Å². The first kappa shape index (κ1) is 16.4. The van der Waals surface area contributed by atoms with Gasteiger partial charge in [0.05, 0.1) is 6.61 Å². The monoisotopic (exact) mass is 293 g/mol. The highest BCUT2D eigenvalue weighted by atomic mass is 19.1. The van der Waals surface area contributed by atoms with Gasteiger partial charge < -0.3 is 10.1 Å². The maximum Gasteiger partial charge on any atom is 0.126 e. The molecule has 3 heteroatoms. The molecular weight excluding hydrogens is 265 g/mol. The second-order valence-corrected chi connectivity index (χ2v) is 7.27. The molecule has 1 atom stereocenters. The lowest BCUT2D eigenvalue weighted by Gasteiger charge is -2.25. The molecule has 0 aliphatic heterocycles. The summed E-state index contributed by atoms with van der Waals surface area (Å²) in [5.41, 5.74) is 0.859. The van der Waals surface area contributed by atoms with Crippen molar-refractivity contribution in [1.82, 2.24) is 5.32 Å². The Hall–Kier alpha value is -0.930. The zero-order valence-electron chi connectivity index (χ0n) is 13.5. The van der Waals surface area contributed by atoms with E-state index in [2.05, 4.69) is 26.1 Å². The fraction of sp³-hybridized carbons (Fsp3) is 0.667. The molecule has 1 aromatic carbocycles. The number of hydrogen-bond acceptors (Lipinski definition) is 2. The van der Waals surface area contributed by atoms with Gasteiger partial charge in [-0.15, -0.1) is 0 Å². The molecule has 21 heavy (non-hydrogen) atoms. The van der Waals surface area contributed by atoms with E-state index in [1.807, 2.05) is 12.1 Å². The summed E-state index contributed by atoms with van der Waals surface area (Å²) < 4.78 is 19.7. The first-order valence-corrected chi connectivity index (χ1v) is 8.00. The summed E-state index contributed by atoms with van der Waals surface area (Å²) in [6.07, 6.45) is 3.33. The molecule has 0 amide bonds. The Morgan fingerprint density at radius 1 is 1.29 bits per heavy atom. The SMILES string of the molecule is CC(C)(C)NCC(COCC1CC1)Cc1ccccc1F. The summed E-state index contributed by atoms with van der Waals surface area (Å²) in [6.45, 7) is 8.87. The average molecular weight is 293 g/mol. The third-order valence-electron chi connectivity index (χ3n) is 3.79.